The first kappa shape index (κ1) is 10.2. The van der Waals surface area contributed by atoms with Crippen LogP contribution in [0.3, 0.4) is 0 Å². The van der Waals surface area contributed by atoms with Crippen LogP contribution in [0.2, 0.25) is 0 Å². The second-order valence-electron chi connectivity index (χ2n) is 4.84. The lowest BCUT2D eigenvalue weighted by Crippen LogP contribution is -2.45. The molecule has 0 spiro atoms. The Labute approximate surface area is 93.2 Å². The largest absolute Gasteiger partial charge is 0.467 e. The summed E-state index contributed by atoms with van der Waals surface area (Å²) in [4.78, 5) is 0. The van der Waals surface area contributed by atoms with E-state index in [9.17, 15) is 0 Å². The maximum Gasteiger partial charge on any atom is 0.131 e. The molecule has 0 aromatic carbocycles. The van der Waals surface area contributed by atoms with Crippen LogP contribution in [-0.4, -0.2) is 6.04 Å². The summed E-state index contributed by atoms with van der Waals surface area (Å²) in [5.41, 5.74) is 0.540. The molecular formula is C11H16BrNO. The van der Waals surface area contributed by atoms with Gasteiger partial charge in [-0.25, -0.2) is 0 Å². The zero-order valence-electron chi connectivity index (χ0n) is 8.64. The van der Waals surface area contributed by atoms with Crippen molar-refractivity contribution in [2.45, 2.75) is 39.3 Å². The van der Waals surface area contributed by atoms with Gasteiger partial charge in [0.2, 0.25) is 0 Å². The molecule has 0 atom stereocenters. The SMILES string of the molecule is CC1(C)CC(NCc2occc2Br)C1. The third-order valence-electron chi connectivity index (χ3n) is 2.84. The highest BCUT2D eigenvalue weighted by Crippen LogP contribution is 2.39. The van der Waals surface area contributed by atoms with E-state index in [1.165, 1.54) is 12.8 Å². The van der Waals surface area contributed by atoms with Gasteiger partial charge in [-0.15, -0.1) is 0 Å². The zero-order chi connectivity index (χ0) is 10.2. The molecule has 1 heterocycles. The van der Waals surface area contributed by atoms with E-state index in [0.29, 0.717) is 11.5 Å². The van der Waals surface area contributed by atoms with Crippen LogP contribution < -0.4 is 5.32 Å². The van der Waals surface area contributed by atoms with E-state index < -0.39 is 0 Å². The third kappa shape index (κ3) is 2.20. The Balaban J connectivity index is 1.77. The van der Waals surface area contributed by atoms with Gasteiger partial charge in [0, 0.05) is 6.04 Å². The van der Waals surface area contributed by atoms with Crippen molar-refractivity contribution >= 4 is 15.9 Å². The smallest absolute Gasteiger partial charge is 0.131 e. The van der Waals surface area contributed by atoms with Gasteiger partial charge in [0.05, 0.1) is 17.3 Å². The van der Waals surface area contributed by atoms with Crippen LogP contribution in [0.25, 0.3) is 0 Å². The fraction of sp³-hybridized carbons (Fsp3) is 0.636. The molecule has 1 aromatic rings. The second kappa shape index (κ2) is 3.70. The molecule has 3 heteroatoms. The molecule has 0 bridgehead atoms. The Morgan fingerprint density at radius 3 is 2.79 bits per heavy atom. The van der Waals surface area contributed by atoms with Crippen molar-refractivity contribution < 1.29 is 4.42 Å². The first-order valence-electron chi connectivity index (χ1n) is 5.02. The number of hydrogen-bond acceptors (Lipinski definition) is 2. The van der Waals surface area contributed by atoms with Gasteiger partial charge in [0.15, 0.2) is 0 Å². The lowest BCUT2D eigenvalue weighted by atomic mass is 9.68. The quantitative estimate of drug-likeness (QED) is 0.899. The molecule has 1 aliphatic rings. The summed E-state index contributed by atoms with van der Waals surface area (Å²) in [5, 5.41) is 3.49. The molecule has 0 aliphatic heterocycles. The minimum atomic E-state index is 0.540. The summed E-state index contributed by atoms with van der Waals surface area (Å²) in [6, 6.07) is 2.60. The van der Waals surface area contributed by atoms with E-state index in [2.05, 4.69) is 35.1 Å². The first-order valence-corrected chi connectivity index (χ1v) is 5.81. The van der Waals surface area contributed by atoms with Crippen LogP contribution in [0.5, 0.6) is 0 Å². The Morgan fingerprint density at radius 1 is 1.57 bits per heavy atom. The molecule has 1 N–H and O–H groups in total. The van der Waals surface area contributed by atoms with Gasteiger partial charge in [-0.05, 0) is 40.3 Å². The predicted molar refractivity (Wildman–Crippen MR) is 60.1 cm³/mol. The van der Waals surface area contributed by atoms with Gasteiger partial charge < -0.3 is 9.73 Å². The molecule has 2 rings (SSSR count). The predicted octanol–water partition coefficient (Wildman–Crippen LogP) is 3.32. The Morgan fingerprint density at radius 2 is 2.29 bits per heavy atom. The maximum absolute atomic E-state index is 5.33. The highest BCUT2D eigenvalue weighted by atomic mass is 79.9. The van der Waals surface area contributed by atoms with Crippen molar-refractivity contribution in [1.29, 1.82) is 0 Å². The van der Waals surface area contributed by atoms with Gasteiger partial charge >= 0.3 is 0 Å². The second-order valence-corrected chi connectivity index (χ2v) is 5.70. The molecule has 0 radical (unpaired) electrons. The van der Waals surface area contributed by atoms with Crippen LogP contribution in [0.1, 0.15) is 32.4 Å². The maximum atomic E-state index is 5.33. The Hall–Kier alpha value is -0.280. The van der Waals surface area contributed by atoms with Crippen molar-refractivity contribution in [3.63, 3.8) is 0 Å². The molecule has 0 unspecified atom stereocenters. The van der Waals surface area contributed by atoms with Crippen molar-refractivity contribution in [1.82, 2.24) is 5.32 Å². The minimum Gasteiger partial charge on any atom is -0.467 e. The van der Waals surface area contributed by atoms with Crippen LogP contribution in [0.15, 0.2) is 21.2 Å². The van der Waals surface area contributed by atoms with E-state index >= 15 is 0 Å². The van der Waals surface area contributed by atoms with Crippen molar-refractivity contribution in [3.8, 4) is 0 Å². The lowest BCUT2D eigenvalue weighted by molar-refractivity contribution is 0.123. The number of nitrogens with one attached hydrogen (secondary N) is 1. The molecule has 1 fully saturated rings. The van der Waals surface area contributed by atoms with Crippen LogP contribution in [-0.2, 0) is 6.54 Å². The average molecular weight is 258 g/mol. The molecule has 1 aliphatic carbocycles. The number of hydrogen-bond donors (Lipinski definition) is 1. The molecule has 0 amide bonds. The van der Waals surface area contributed by atoms with Gasteiger partial charge in [-0.1, -0.05) is 13.8 Å². The highest BCUT2D eigenvalue weighted by Gasteiger charge is 2.35. The minimum absolute atomic E-state index is 0.540. The molecular weight excluding hydrogens is 242 g/mol. The molecule has 78 valence electrons. The average Bonchev–Trinajstić information content (AvgIpc) is 2.44. The molecule has 2 nitrogen and oxygen atoms in total. The monoisotopic (exact) mass is 257 g/mol. The fourth-order valence-electron chi connectivity index (χ4n) is 2.11. The van der Waals surface area contributed by atoms with Crippen molar-refractivity contribution in [2.24, 2.45) is 5.41 Å². The number of furan rings is 1. The van der Waals surface area contributed by atoms with E-state index in [1.54, 1.807) is 6.26 Å². The van der Waals surface area contributed by atoms with E-state index in [-0.39, 0.29) is 0 Å². The van der Waals surface area contributed by atoms with Crippen LogP contribution >= 0.6 is 15.9 Å². The molecule has 0 saturated heterocycles. The summed E-state index contributed by atoms with van der Waals surface area (Å²) in [7, 11) is 0. The topological polar surface area (TPSA) is 25.2 Å². The van der Waals surface area contributed by atoms with E-state index in [4.69, 9.17) is 4.42 Å². The van der Waals surface area contributed by atoms with Gasteiger partial charge in [0.1, 0.15) is 5.76 Å². The number of halogens is 1. The third-order valence-corrected chi connectivity index (χ3v) is 3.55. The summed E-state index contributed by atoms with van der Waals surface area (Å²) in [6.07, 6.45) is 4.25. The van der Waals surface area contributed by atoms with Gasteiger partial charge in [0.25, 0.3) is 0 Å². The van der Waals surface area contributed by atoms with Crippen LogP contribution in [0, 0.1) is 5.41 Å². The van der Waals surface area contributed by atoms with Gasteiger partial charge in [-0.3, -0.25) is 0 Å². The molecule has 14 heavy (non-hydrogen) atoms. The molecule has 1 saturated carbocycles. The highest BCUT2D eigenvalue weighted by molar-refractivity contribution is 9.10. The standard InChI is InChI=1S/C11H16BrNO/c1-11(2)5-8(6-11)13-7-10-9(12)3-4-14-10/h3-4,8,13H,5-7H2,1-2H3. The first-order chi connectivity index (χ1) is 6.57. The lowest BCUT2D eigenvalue weighted by Gasteiger charge is -2.43. The fourth-order valence-corrected chi connectivity index (χ4v) is 2.45. The Kier molecular flexibility index (Phi) is 2.71. The summed E-state index contributed by atoms with van der Waals surface area (Å²) in [5.74, 6) is 0.995. The van der Waals surface area contributed by atoms with Crippen LogP contribution in [0.4, 0.5) is 0 Å². The summed E-state index contributed by atoms with van der Waals surface area (Å²) in [6.45, 7) is 5.45. The molecule has 1 aromatic heterocycles. The normalized spacial score (nSPS) is 20.8. The van der Waals surface area contributed by atoms with Crippen molar-refractivity contribution in [2.75, 3.05) is 0 Å². The zero-order valence-corrected chi connectivity index (χ0v) is 10.2. The van der Waals surface area contributed by atoms with E-state index in [1.807, 2.05) is 6.07 Å². The summed E-state index contributed by atoms with van der Waals surface area (Å²) < 4.78 is 6.38. The Bertz CT molecular complexity index is 311. The van der Waals surface area contributed by atoms with E-state index in [0.717, 1.165) is 16.8 Å². The van der Waals surface area contributed by atoms with Gasteiger partial charge in [-0.2, -0.15) is 0 Å². The van der Waals surface area contributed by atoms with Crippen molar-refractivity contribution in [3.05, 3.63) is 22.6 Å². The summed E-state index contributed by atoms with van der Waals surface area (Å²) >= 11 is 3.44. The number of rotatable bonds is 3.